The number of amides is 1. The predicted molar refractivity (Wildman–Crippen MR) is 75.1 cm³/mol. The van der Waals surface area contributed by atoms with Crippen LogP contribution in [-0.2, 0) is 24.1 Å². The van der Waals surface area contributed by atoms with E-state index in [0.717, 1.165) is 37.1 Å². The molecule has 5 nitrogen and oxygen atoms in total. The molecule has 0 aromatic carbocycles. The number of fused-ring (bicyclic) bond motifs is 1. The van der Waals surface area contributed by atoms with E-state index >= 15 is 0 Å². The van der Waals surface area contributed by atoms with Crippen molar-refractivity contribution in [3.8, 4) is 0 Å². The van der Waals surface area contributed by atoms with E-state index < -0.39 is 0 Å². The Morgan fingerprint density at radius 1 is 1.40 bits per heavy atom. The number of nitrogens with one attached hydrogen (secondary N) is 2. The molecule has 1 unspecified atom stereocenters. The van der Waals surface area contributed by atoms with Crippen molar-refractivity contribution < 1.29 is 4.79 Å². The first-order chi connectivity index (χ1) is 9.83. The van der Waals surface area contributed by atoms with Crippen LogP contribution in [0, 0.1) is 5.92 Å². The Morgan fingerprint density at radius 3 is 3.10 bits per heavy atom. The first-order valence-corrected chi connectivity index (χ1v) is 7.00. The summed E-state index contributed by atoms with van der Waals surface area (Å²) in [6.45, 7) is 0.676. The standard InChI is InChI=1S/C15H18N4O/c20-15(17-8-5-11-3-6-16-7-4-11)12-1-2-13-14(9-12)19-10-18-13/h3-4,6-7,10,12H,1-2,5,8-9H2,(H,17,20)(H,18,19). The van der Waals surface area contributed by atoms with Gasteiger partial charge in [-0.25, -0.2) is 4.98 Å². The molecule has 20 heavy (non-hydrogen) atoms. The van der Waals surface area contributed by atoms with Crippen molar-refractivity contribution in [3.05, 3.63) is 47.8 Å². The second-order valence-electron chi connectivity index (χ2n) is 5.16. The summed E-state index contributed by atoms with van der Waals surface area (Å²) >= 11 is 0. The number of pyridine rings is 1. The molecule has 2 aromatic rings. The van der Waals surface area contributed by atoms with Crippen molar-refractivity contribution in [3.63, 3.8) is 0 Å². The summed E-state index contributed by atoms with van der Waals surface area (Å²) in [5.41, 5.74) is 3.43. The number of aryl methyl sites for hydroxylation is 1. The zero-order chi connectivity index (χ0) is 13.8. The Bertz CT molecular complexity index is 579. The number of H-pyrrole nitrogens is 1. The van der Waals surface area contributed by atoms with Crippen LogP contribution in [0.2, 0.25) is 0 Å². The molecule has 104 valence electrons. The largest absolute Gasteiger partial charge is 0.356 e. The summed E-state index contributed by atoms with van der Waals surface area (Å²) in [6.07, 6.45) is 8.66. The van der Waals surface area contributed by atoms with Crippen LogP contribution in [0.4, 0.5) is 0 Å². The van der Waals surface area contributed by atoms with E-state index in [2.05, 4.69) is 20.3 Å². The van der Waals surface area contributed by atoms with E-state index in [4.69, 9.17) is 0 Å². The predicted octanol–water partition coefficient (Wildman–Crippen LogP) is 1.27. The molecule has 0 saturated heterocycles. The molecular weight excluding hydrogens is 252 g/mol. The number of aromatic nitrogens is 3. The van der Waals surface area contributed by atoms with E-state index in [1.807, 2.05) is 12.1 Å². The maximum Gasteiger partial charge on any atom is 0.223 e. The van der Waals surface area contributed by atoms with Crippen LogP contribution >= 0.6 is 0 Å². The van der Waals surface area contributed by atoms with Gasteiger partial charge < -0.3 is 10.3 Å². The van der Waals surface area contributed by atoms with Crippen LogP contribution in [0.5, 0.6) is 0 Å². The first kappa shape index (κ1) is 12.8. The van der Waals surface area contributed by atoms with E-state index in [1.54, 1.807) is 18.7 Å². The van der Waals surface area contributed by atoms with Crippen molar-refractivity contribution in [2.24, 2.45) is 5.92 Å². The third-order valence-electron chi connectivity index (χ3n) is 3.82. The van der Waals surface area contributed by atoms with Crippen LogP contribution in [0.25, 0.3) is 0 Å². The van der Waals surface area contributed by atoms with Crippen LogP contribution < -0.4 is 5.32 Å². The fourth-order valence-corrected chi connectivity index (χ4v) is 2.65. The molecule has 0 saturated carbocycles. The lowest BCUT2D eigenvalue weighted by Crippen LogP contribution is -2.35. The molecule has 0 aliphatic heterocycles. The Morgan fingerprint density at radius 2 is 2.25 bits per heavy atom. The molecule has 2 heterocycles. The van der Waals surface area contributed by atoms with Gasteiger partial charge in [0.25, 0.3) is 0 Å². The van der Waals surface area contributed by atoms with Crippen LogP contribution in [0.15, 0.2) is 30.9 Å². The van der Waals surface area contributed by atoms with E-state index in [1.165, 1.54) is 5.56 Å². The average Bonchev–Trinajstić information content (AvgIpc) is 2.95. The third kappa shape index (κ3) is 2.87. The third-order valence-corrected chi connectivity index (χ3v) is 3.82. The smallest absolute Gasteiger partial charge is 0.223 e. The molecule has 1 aliphatic carbocycles. The molecule has 0 bridgehead atoms. The van der Waals surface area contributed by atoms with Crippen molar-refractivity contribution in [1.82, 2.24) is 20.3 Å². The summed E-state index contributed by atoms with van der Waals surface area (Å²) in [5, 5.41) is 3.03. The molecular formula is C15H18N4O. The normalized spacial score (nSPS) is 17.5. The molecule has 2 N–H and O–H groups in total. The minimum atomic E-state index is 0.0698. The summed E-state index contributed by atoms with van der Waals surface area (Å²) in [6, 6.07) is 3.95. The van der Waals surface area contributed by atoms with Crippen molar-refractivity contribution in [2.75, 3.05) is 6.54 Å². The highest BCUT2D eigenvalue weighted by Gasteiger charge is 2.25. The monoisotopic (exact) mass is 270 g/mol. The highest BCUT2D eigenvalue weighted by molar-refractivity contribution is 5.79. The van der Waals surface area contributed by atoms with E-state index in [0.29, 0.717) is 6.54 Å². The highest BCUT2D eigenvalue weighted by atomic mass is 16.1. The van der Waals surface area contributed by atoms with Gasteiger partial charge in [0, 0.05) is 37.0 Å². The zero-order valence-electron chi connectivity index (χ0n) is 11.3. The topological polar surface area (TPSA) is 70.7 Å². The summed E-state index contributed by atoms with van der Waals surface area (Å²) in [4.78, 5) is 23.5. The molecule has 0 spiro atoms. The Kier molecular flexibility index (Phi) is 3.76. The summed E-state index contributed by atoms with van der Waals surface area (Å²) in [5.74, 6) is 0.222. The summed E-state index contributed by atoms with van der Waals surface area (Å²) in [7, 11) is 0. The van der Waals surface area contributed by atoms with Crippen molar-refractivity contribution in [2.45, 2.75) is 25.7 Å². The zero-order valence-corrected chi connectivity index (χ0v) is 11.3. The van der Waals surface area contributed by atoms with Crippen LogP contribution in [0.3, 0.4) is 0 Å². The number of carbonyl (C=O) groups is 1. The summed E-state index contributed by atoms with van der Waals surface area (Å²) < 4.78 is 0. The molecule has 2 aromatic heterocycles. The van der Waals surface area contributed by atoms with Crippen LogP contribution in [-0.4, -0.2) is 27.4 Å². The van der Waals surface area contributed by atoms with Crippen molar-refractivity contribution >= 4 is 5.91 Å². The Balaban J connectivity index is 1.48. The lowest BCUT2D eigenvalue weighted by molar-refractivity contribution is -0.125. The number of carbonyl (C=O) groups excluding carboxylic acids is 1. The van der Waals surface area contributed by atoms with E-state index in [9.17, 15) is 4.79 Å². The fourth-order valence-electron chi connectivity index (χ4n) is 2.65. The van der Waals surface area contributed by atoms with Gasteiger partial charge in [0.05, 0.1) is 12.0 Å². The number of rotatable bonds is 4. The number of hydrogen-bond donors (Lipinski definition) is 2. The van der Waals surface area contributed by atoms with Crippen molar-refractivity contribution in [1.29, 1.82) is 0 Å². The molecule has 0 fully saturated rings. The van der Waals surface area contributed by atoms with Gasteiger partial charge >= 0.3 is 0 Å². The molecule has 3 rings (SSSR count). The van der Waals surface area contributed by atoms with Gasteiger partial charge in [0.2, 0.25) is 5.91 Å². The highest BCUT2D eigenvalue weighted by Crippen LogP contribution is 2.22. The van der Waals surface area contributed by atoms with E-state index in [-0.39, 0.29) is 11.8 Å². The second kappa shape index (κ2) is 5.86. The lowest BCUT2D eigenvalue weighted by atomic mass is 9.89. The minimum absolute atomic E-state index is 0.0698. The molecule has 1 atom stereocenters. The van der Waals surface area contributed by atoms with Gasteiger partial charge in [-0.3, -0.25) is 9.78 Å². The number of hydrogen-bond acceptors (Lipinski definition) is 3. The molecule has 1 aliphatic rings. The number of aromatic amines is 1. The number of imidazole rings is 1. The second-order valence-corrected chi connectivity index (χ2v) is 5.16. The SMILES string of the molecule is O=C(NCCc1ccncc1)C1CCc2nc[nH]c2C1. The van der Waals surface area contributed by atoms with Crippen LogP contribution in [0.1, 0.15) is 23.4 Å². The van der Waals surface area contributed by atoms with Gasteiger partial charge in [-0.05, 0) is 37.0 Å². The molecule has 0 radical (unpaired) electrons. The lowest BCUT2D eigenvalue weighted by Gasteiger charge is -2.20. The maximum absolute atomic E-state index is 12.2. The van der Waals surface area contributed by atoms with Gasteiger partial charge in [-0.1, -0.05) is 0 Å². The van der Waals surface area contributed by atoms with Gasteiger partial charge in [0.1, 0.15) is 0 Å². The van der Waals surface area contributed by atoms with Gasteiger partial charge in [-0.2, -0.15) is 0 Å². The fraction of sp³-hybridized carbons (Fsp3) is 0.400. The average molecular weight is 270 g/mol. The van der Waals surface area contributed by atoms with Gasteiger partial charge in [-0.15, -0.1) is 0 Å². The minimum Gasteiger partial charge on any atom is -0.356 e. The quantitative estimate of drug-likeness (QED) is 0.879. The number of nitrogens with zero attached hydrogens (tertiary/aromatic N) is 2. The Labute approximate surface area is 117 Å². The first-order valence-electron chi connectivity index (χ1n) is 7.00. The molecule has 1 amide bonds. The van der Waals surface area contributed by atoms with Gasteiger partial charge in [0.15, 0.2) is 0 Å². The Hall–Kier alpha value is -2.17. The maximum atomic E-state index is 12.2. The molecule has 5 heteroatoms.